The normalized spacial score (nSPS) is 12.4. The fourth-order valence-electron chi connectivity index (χ4n) is 9.91. The van der Waals surface area contributed by atoms with Crippen LogP contribution in [0.5, 0.6) is 0 Å². The molecule has 0 unspecified atom stereocenters. The maximum atomic E-state index is 5.39. The highest BCUT2D eigenvalue weighted by atomic mass is 32.3. The Balaban J connectivity index is 1.16. The Kier molecular flexibility index (Phi) is 9.44. The number of para-hydroxylation sites is 1. The molecule has 3 heterocycles. The van der Waals surface area contributed by atoms with Crippen LogP contribution in [0.2, 0.25) is 0 Å². The van der Waals surface area contributed by atoms with E-state index < -0.39 is 10.0 Å². The van der Waals surface area contributed by atoms with Crippen molar-refractivity contribution in [3.8, 4) is 17.1 Å². The molecule has 12 aromatic rings. The van der Waals surface area contributed by atoms with Crippen LogP contribution in [0.15, 0.2) is 244 Å². The van der Waals surface area contributed by atoms with Gasteiger partial charge in [0.1, 0.15) is 0 Å². The minimum Gasteiger partial charge on any atom is -0.309 e. The number of hydrogen-bond acceptors (Lipinski definition) is 3. The van der Waals surface area contributed by atoms with Crippen molar-refractivity contribution < 1.29 is 0 Å². The van der Waals surface area contributed by atoms with Gasteiger partial charge in [0.2, 0.25) is 0 Å². The van der Waals surface area contributed by atoms with Gasteiger partial charge in [0.25, 0.3) is 0 Å². The molecule has 0 fully saturated rings. The van der Waals surface area contributed by atoms with E-state index in [4.69, 9.17) is 15.0 Å². The zero-order valence-electron chi connectivity index (χ0n) is 37.1. The first kappa shape index (κ1) is 39.7. The predicted octanol–water partition coefficient (Wildman–Crippen LogP) is 16.4. The lowest BCUT2D eigenvalue weighted by atomic mass is 9.86. The second kappa shape index (κ2) is 15.7. The number of benzene rings is 9. The lowest BCUT2D eigenvalue weighted by Gasteiger charge is -2.42. The summed E-state index contributed by atoms with van der Waals surface area (Å²) in [5, 5.41) is 8.75. The van der Waals surface area contributed by atoms with Crippen molar-refractivity contribution in [3.05, 3.63) is 230 Å². The van der Waals surface area contributed by atoms with Crippen molar-refractivity contribution in [1.29, 1.82) is 0 Å². The molecule has 0 saturated carbocycles. The second-order valence-corrected chi connectivity index (χ2v) is 21.2. The van der Waals surface area contributed by atoms with Crippen molar-refractivity contribution in [2.75, 3.05) is 0 Å². The summed E-state index contributed by atoms with van der Waals surface area (Å²) < 4.78 is 2.44. The lowest BCUT2D eigenvalue weighted by Crippen LogP contribution is -2.10. The van der Waals surface area contributed by atoms with Crippen molar-refractivity contribution in [3.63, 3.8) is 0 Å². The van der Waals surface area contributed by atoms with Crippen LogP contribution in [0, 0.1) is 0 Å². The van der Waals surface area contributed by atoms with Gasteiger partial charge in [0.15, 0.2) is 17.1 Å². The smallest absolute Gasteiger partial charge is 0.164 e. The largest absolute Gasteiger partial charge is 0.309 e. The van der Waals surface area contributed by atoms with Crippen LogP contribution < -0.4 is 0 Å². The topological polar surface area (TPSA) is 43.6 Å². The molecule has 0 aliphatic heterocycles. The molecule has 0 atom stereocenters. The van der Waals surface area contributed by atoms with E-state index >= 15 is 0 Å². The molecule has 66 heavy (non-hydrogen) atoms. The molecule has 3 aromatic heterocycles. The number of nitrogens with zero attached hydrogens (tertiary/aromatic N) is 4. The Morgan fingerprint density at radius 1 is 0.379 bits per heavy atom. The number of fused-ring (bicyclic) bond motifs is 14. The maximum absolute atomic E-state index is 5.39. The standard InChI is InChI=1S/C61H46N4S/c1-61(2,3)43-34-37-56-53(40-43)55-39-42-38-54(57(55)65(56)44-20-8-4-9-21-44)50-29-17-19-31-52(50)60-63-58(62-59(64-60)51-30-18-16-28-49(42)51)41-32-35-48(36-33-41)66(45-22-10-5-11-23-45,46-24-12-6-13-25-46)47-26-14-7-15-27-47/h4-40H,1-3H3. The van der Waals surface area contributed by atoms with Gasteiger partial charge in [-0.25, -0.2) is 15.0 Å². The molecule has 0 amide bonds. The highest BCUT2D eigenvalue weighted by molar-refractivity contribution is 8.34. The Labute approximate surface area is 385 Å². The third-order valence-corrected chi connectivity index (χ3v) is 17.0. The third kappa shape index (κ3) is 6.41. The zero-order chi connectivity index (χ0) is 44.4. The molecule has 0 radical (unpaired) electrons. The Bertz CT molecular complexity index is 3730. The highest BCUT2D eigenvalue weighted by Gasteiger charge is 2.33. The Morgan fingerprint density at radius 3 is 1.38 bits per heavy atom. The first-order chi connectivity index (χ1) is 32.4. The molecule has 0 N–H and O–H groups in total. The predicted molar refractivity (Wildman–Crippen MR) is 277 cm³/mol. The quantitative estimate of drug-likeness (QED) is 0.167. The molecular formula is C61H46N4S. The molecule has 0 spiro atoms. The van der Waals surface area contributed by atoms with Gasteiger partial charge >= 0.3 is 0 Å². The van der Waals surface area contributed by atoms with E-state index in [1.807, 2.05) is 0 Å². The fraction of sp³-hybridized carbons (Fsp3) is 0.0656. The van der Waals surface area contributed by atoms with Crippen molar-refractivity contribution in [2.24, 2.45) is 0 Å². The molecule has 0 saturated heterocycles. The van der Waals surface area contributed by atoms with Crippen LogP contribution in [-0.2, 0) is 5.41 Å². The van der Waals surface area contributed by atoms with Crippen LogP contribution in [0.1, 0.15) is 26.3 Å². The summed E-state index contributed by atoms with van der Waals surface area (Å²) in [6.45, 7) is 6.87. The van der Waals surface area contributed by atoms with Gasteiger partial charge < -0.3 is 4.57 Å². The summed E-state index contributed by atoms with van der Waals surface area (Å²) in [5.74, 6) is 0.633. The number of rotatable bonds is 6. The third-order valence-electron chi connectivity index (χ3n) is 13.1. The van der Waals surface area contributed by atoms with Gasteiger partial charge in [0, 0.05) is 57.8 Å². The first-order valence-electron chi connectivity index (χ1n) is 22.6. The molecule has 5 heteroatoms. The van der Waals surface area contributed by atoms with Crippen molar-refractivity contribution in [2.45, 2.75) is 45.8 Å². The zero-order valence-corrected chi connectivity index (χ0v) is 37.9. The summed E-state index contributed by atoms with van der Waals surface area (Å²) in [5.41, 5.74) is 6.94. The van der Waals surface area contributed by atoms with E-state index in [9.17, 15) is 0 Å². The minimum absolute atomic E-state index is 0.0183. The summed E-state index contributed by atoms with van der Waals surface area (Å²) in [6, 6.07) is 81.6. The van der Waals surface area contributed by atoms with Crippen LogP contribution in [-0.4, -0.2) is 19.5 Å². The van der Waals surface area contributed by atoms with E-state index in [0.717, 1.165) is 49.1 Å². The molecule has 9 aromatic carbocycles. The van der Waals surface area contributed by atoms with Crippen LogP contribution >= 0.6 is 10.0 Å². The van der Waals surface area contributed by atoms with Gasteiger partial charge in [-0.15, -0.1) is 10.0 Å². The summed E-state index contributed by atoms with van der Waals surface area (Å²) in [6.07, 6.45) is 0. The van der Waals surface area contributed by atoms with E-state index in [0.29, 0.717) is 17.1 Å². The van der Waals surface area contributed by atoms with E-state index in [-0.39, 0.29) is 5.41 Å². The summed E-state index contributed by atoms with van der Waals surface area (Å²) in [4.78, 5) is 21.1. The molecule has 12 rings (SSSR count). The molecule has 0 aliphatic carbocycles. The first-order valence-corrected chi connectivity index (χ1v) is 24.2. The van der Waals surface area contributed by atoms with E-state index in [1.54, 1.807) is 0 Å². The summed E-state index contributed by atoms with van der Waals surface area (Å²) >= 11 is 0. The average molecular weight is 867 g/mol. The van der Waals surface area contributed by atoms with Gasteiger partial charge in [-0.05, 0) is 112 Å². The van der Waals surface area contributed by atoms with Crippen LogP contribution in [0.3, 0.4) is 0 Å². The van der Waals surface area contributed by atoms with Gasteiger partial charge in [-0.1, -0.05) is 160 Å². The lowest BCUT2D eigenvalue weighted by molar-refractivity contribution is 0.591. The van der Waals surface area contributed by atoms with Gasteiger partial charge in [-0.2, -0.15) is 0 Å². The van der Waals surface area contributed by atoms with Crippen molar-refractivity contribution in [1.82, 2.24) is 19.5 Å². The Morgan fingerprint density at radius 2 is 0.833 bits per heavy atom. The monoisotopic (exact) mass is 866 g/mol. The minimum atomic E-state index is -1.86. The molecular weight excluding hydrogens is 821 g/mol. The summed E-state index contributed by atoms with van der Waals surface area (Å²) in [7, 11) is -1.86. The van der Waals surface area contributed by atoms with Crippen LogP contribution in [0.4, 0.5) is 0 Å². The molecule has 4 nitrogen and oxygen atoms in total. The Hall–Kier alpha value is -7.86. The molecule has 4 bridgehead atoms. The average Bonchev–Trinajstić information content (AvgIpc) is 3.71. The number of hydrogen-bond donors (Lipinski definition) is 0. The highest BCUT2D eigenvalue weighted by Crippen LogP contribution is 2.73. The SMILES string of the molecule is CC(C)(C)c1ccc2c(c1)c1cc3cc(c4ccccc4c4nc(-c5ccc(S(c6ccccc6)(c6ccccc6)c6ccccc6)cc5)nc(n4)c4ccccc34)c1n2-c1ccccc1. The number of aromatic nitrogens is 4. The second-order valence-electron chi connectivity index (χ2n) is 18.0. The van der Waals surface area contributed by atoms with Crippen molar-refractivity contribution >= 4 is 75.4 Å². The van der Waals surface area contributed by atoms with Gasteiger partial charge in [-0.3, -0.25) is 0 Å². The molecule has 0 aliphatic rings. The fourth-order valence-corrected chi connectivity index (χ4v) is 13.8. The van der Waals surface area contributed by atoms with Crippen LogP contribution in [0.25, 0.3) is 82.5 Å². The van der Waals surface area contributed by atoms with Gasteiger partial charge in [0.05, 0.1) is 11.0 Å². The van der Waals surface area contributed by atoms with E-state index in [2.05, 4.69) is 250 Å². The maximum Gasteiger partial charge on any atom is 0.164 e. The molecule has 316 valence electrons. The van der Waals surface area contributed by atoms with E-state index in [1.165, 1.54) is 41.4 Å².